The molecule has 2 aliphatic heterocycles. The number of fused-ring (bicyclic) bond motifs is 3. The second-order valence-electron chi connectivity index (χ2n) is 14.4. The van der Waals surface area contributed by atoms with Gasteiger partial charge in [0.2, 0.25) is 5.88 Å². The van der Waals surface area contributed by atoms with E-state index in [-0.39, 0.29) is 46.9 Å². The minimum absolute atomic E-state index is 0.0451. The van der Waals surface area contributed by atoms with Gasteiger partial charge < -0.3 is 25.5 Å². The van der Waals surface area contributed by atoms with E-state index in [1.165, 1.54) is 11.3 Å². The molecule has 1 saturated carbocycles. The fourth-order valence-corrected chi connectivity index (χ4v) is 9.96. The monoisotopic (exact) mass is 721 g/mol. The van der Waals surface area contributed by atoms with E-state index >= 15 is 0 Å². The van der Waals surface area contributed by atoms with Crippen LogP contribution in [0, 0.1) is 11.3 Å². The van der Waals surface area contributed by atoms with Gasteiger partial charge in [-0.15, -0.1) is 11.3 Å². The third kappa shape index (κ3) is 5.71. The van der Waals surface area contributed by atoms with Gasteiger partial charge in [-0.3, -0.25) is 14.5 Å². The summed E-state index contributed by atoms with van der Waals surface area (Å²) in [6.07, 6.45) is 12.5. The third-order valence-electron chi connectivity index (χ3n) is 11.5. The normalized spacial score (nSPS) is 24.2. The molecule has 8 rings (SSSR count). The van der Waals surface area contributed by atoms with Gasteiger partial charge in [-0.1, -0.05) is 6.58 Å². The second kappa shape index (κ2) is 13.6. The molecule has 1 spiro atoms. The maximum atomic E-state index is 14.7. The summed E-state index contributed by atoms with van der Waals surface area (Å²) in [5.41, 5.74) is 14.3. The zero-order valence-corrected chi connectivity index (χ0v) is 30.2. The quantitative estimate of drug-likeness (QED) is 0.202. The largest absolute Gasteiger partial charge is 0.468 e. The van der Waals surface area contributed by atoms with Crippen molar-refractivity contribution >= 4 is 38.7 Å². The van der Waals surface area contributed by atoms with Crippen molar-refractivity contribution in [1.29, 1.82) is 5.26 Å². The molecule has 3 fully saturated rings. The van der Waals surface area contributed by atoms with Crippen LogP contribution in [-0.4, -0.2) is 74.0 Å². The molecule has 270 valence electrons. The Kier molecular flexibility index (Phi) is 8.97. The summed E-state index contributed by atoms with van der Waals surface area (Å²) in [6, 6.07) is 6.01. The summed E-state index contributed by atoms with van der Waals surface area (Å²) >= 11 is 1.41. The van der Waals surface area contributed by atoms with Gasteiger partial charge in [0, 0.05) is 53.6 Å². The van der Waals surface area contributed by atoms with Gasteiger partial charge in [-0.05, 0) is 95.5 Å². The molecule has 0 amide bonds. The lowest BCUT2D eigenvalue weighted by Gasteiger charge is -2.40. The Balaban J connectivity index is 1.23. The molecular formula is C38H43N9O4S. The number of hydrogen-bond donors (Lipinski definition) is 2. The number of ketones is 1. The lowest BCUT2D eigenvalue weighted by Crippen LogP contribution is -2.43. The molecule has 4 N–H and O–H groups in total. The highest BCUT2D eigenvalue weighted by molar-refractivity contribution is 7.16. The molecule has 3 atom stereocenters. The lowest BCUT2D eigenvalue weighted by atomic mass is 9.61. The van der Waals surface area contributed by atoms with E-state index in [9.17, 15) is 14.9 Å². The predicted molar refractivity (Wildman–Crippen MR) is 198 cm³/mol. The van der Waals surface area contributed by atoms with Crippen molar-refractivity contribution in [3.05, 3.63) is 74.9 Å². The van der Waals surface area contributed by atoms with Crippen molar-refractivity contribution in [2.24, 2.45) is 5.73 Å². The first-order valence-electron chi connectivity index (χ1n) is 18.1. The number of thiophene rings is 1. The maximum absolute atomic E-state index is 14.7. The first-order chi connectivity index (χ1) is 25.2. The number of nitrogens with zero attached hydrogens (tertiary/aromatic N) is 7. The molecule has 52 heavy (non-hydrogen) atoms. The van der Waals surface area contributed by atoms with Crippen molar-refractivity contribution in [3.63, 3.8) is 0 Å². The van der Waals surface area contributed by atoms with Gasteiger partial charge in [0.15, 0.2) is 22.9 Å². The number of carbonyl (C=O) groups is 1. The molecular weight excluding hydrogens is 679 g/mol. The SMILES string of the molecule is C=C[C@H](Oc1cc(-n2cc3ccn(C4CCOCC4)c(=O)c3n2)nc(/C(N)=C2\CCC[C@@]3(CCCc4sc(N)c(C#N)c43)C2=O)n1)[C@@H]1CCCN1C. The molecule has 0 unspecified atom stereocenters. The summed E-state index contributed by atoms with van der Waals surface area (Å²) in [6.45, 7) is 6.24. The molecule has 4 aromatic rings. The van der Waals surface area contributed by atoms with Crippen LogP contribution in [0.3, 0.4) is 0 Å². The lowest BCUT2D eigenvalue weighted by molar-refractivity contribution is -0.122. The van der Waals surface area contributed by atoms with Crippen LogP contribution in [0.15, 0.2) is 47.5 Å². The number of ether oxygens (including phenoxy) is 2. The van der Waals surface area contributed by atoms with E-state index in [4.69, 9.17) is 36.0 Å². The van der Waals surface area contributed by atoms with Gasteiger partial charge in [0.25, 0.3) is 5.56 Å². The Labute approximate surface area is 305 Å². The minimum atomic E-state index is -0.868. The van der Waals surface area contributed by atoms with Crippen molar-refractivity contribution in [3.8, 4) is 17.8 Å². The van der Waals surface area contributed by atoms with Crippen LogP contribution in [0.1, 0.15) is 85.7 Å². The number of pyridine rings is 1. The van der Waals surface area contributed by atoms with Gasteiger partial charge >= 0.3 is 0 Å². The molecule has 4 aromatic heterocycles. The fraction of sp³-hybridized carbons (Fsp3) is 0.474. The Morgan fingerprint density at radius 3 is 2.71 bits per heavy atom. The number of Topliss-reactive ketones (excluding diaryl/α,β-unsaturated/α-hetero) is 1. The van der Waals surface area contributed by atoms with Gasteiger partial charge in [0.1, 0.15) is 17.2 Å². The number of likely N-dealkylation sites (tertiary alicyclic amines) is 1. The average Bonchev–Trinajstić information content (AvgIpc) is 3.89. The number of aryl methyl sites for hydroxylation is 1. The topological polar surface area (TPSA) is 180 Å². The van der Waals surface area contributed by atoms with Crippen LogP contribution in [0.5, 0.6) is 5.88 Å². The number of nitriles is 1. The number of aromatic nitrogens is 5. The van der Waals surface area contributed by atoms with Gasteiger partial charge in [0.05, 0.1) is 22.7 Å². The van der Waals surface area contributed by atoms with Crippen LogP contribution >= 0.6 is 11.3 Å². The smallest absolute Gasteiger partial charge is 0.279 e. The molecule has 6 heterocycles. The Hall–Kier alpha value is -4.84. The first-order valence-corrected chi connectivity index (χ1v) is 19.0. The van der Waals surface area contributed by atoms with Crippen molar-refractivity contribution in [2.75, 3.05) is 32.5 Å². The Bertz CT molecular complexity index is 2210. The zero-order chi connectivity index (χ0) is 36.1. The number of carbonyl (C=O) groups excluding carboxylic acids is 1. The number of allylic oxidation sites excluding steroid dienone is 1. The molecule has 13 nitrogen and oxygen atoms in total. The van der Waals surface area contributed by atoms with Crippen LogP contribution in [0.4, 0.5) is 5.00 Å². The van der Waals surface area contributed by atoms with Crippen LogP contribution in [0.25, 0.3) is 22.4 Å². The Morgan fingerprint density at radius 2 is 1.98 bits per heavy atom. The van der Waals surface area contributed by atoms with E-state index in [1.807, 2.05) is 12.3 Å². The maximum Gasteiger partial charge on any atom is 0.279 e. The third-order valence-corrected chi connectivity index (χ3v) is 12.5. The number of nitrogen functional groups attached to an aromatic ring is 1. The molecule has 14 heteroatoms. The van der Waals surface area contributed by atoms with Crippen molar-refractivity contribution in [1.82, 2.24) is 29.2 Å². The summed E-state index contributed by atoms with van der Waals surface area (Å²) in [5.74, 6) is 0.631. The van der Waals surface area contributed by atoms with E-state index in [0.29, 0.717) is 71.8 Å². The fourth-order valence-electron chi connectivity index (χ4n) is 8.80. The first kappa shape index (κ1) is 34.3. The van der Waals surface area contributed by atoms with Gasteiger partial charge in [-0.2, -0.15) is 15.3 Å². The van der Waals surface area contributed by atoms with E-state index in [2.05, 4.69) is 24.6 Å². The zero-order valence-electron chi connectivity index (χ0n) is 29.3. The molecule has 2 aliphatic carbocycles. The molecule has 0 radical (unpaired) electrons. The van der Waals surface area contributed by atoms with Crippen LogP contribution in [0.2, 0.25) is 0 Å². The van der Waals surface area contributed by atoms with Crippen molar-refractivity contribution < 1.29 is 14.3 Å². The summed E-state index contributed by atoms with van der Waals surface area (Å²) in [4.78, 5) is 41.3. The predicted octanol–water partition coefficient (Wildman–Crippen LogP) is 4.57. The van der Waals surface area contributed by atoms with Crippen LogP contribution in [-0.2, 0) is 21.4 Å². The van der Waals surface area contributed by atoms with E-state index in [1.54, 1.807) is 27.6 Å². The highest BCUT2D eigenvalue weighted by atomic mass is 32.1. The highest BCUT2D eigenvalue weighted by Gasteiger charge is 2.49. The minimum Gasteiger partial charge on any atom is -0.468 e. The second-order valence-corrected chi connectivity index (χ2v) is 15.5. The number of likely N-dealkylation sites (N-methyl/N-ethyl adjacent to an activating group) is 1. The van der Waals surface area contributed by atoms with Crippen LogP contribution < -0.4 is 21.8 Å². The molecule has 0 bridgehead atoms. The number of anilines is 1. The number of nitrogens with two attached hydrogens (primary N) is 2. The summed E-state index contributed by atoms with van der Waals surface area (Å²) in [7, 11) is 2.07. The average molecular weight is 722 g/mol. The van der Waals surface area contributed by atoms with Gasteiger partial charge in [-0.25, -0.2) is 9.67 Å². The highest BCUT2D eigenvalue weighted by Crippen LogP contribution is 2.52. The molecule has 2 saturated heterocycles. The molecule has 0 aromatic carbocycles. The summed E-state index contributed by atoms with van der Waals surface area (Å²) < 4.78 is 15.3. The van der Waals surface area contributed by atoms with Crippen molar-refractivity contribution in [2.45, 2.75) is 87.8 Å². The Morgan fingerprint density at radius 1 is 1.19 bits per heavy atom. The number of hydrogen-bond acceptors (Lipinski definition) is 12. The summed E-state index contributed by atoms with van der Waals surface area (Å²) in [5, 5.41) is 15.9. The van der Waals surface area contributed by atoms with E-state index < -0.39 is 5.41 Å². The number of rotatable bonds is 7. The standard InChI is InChI=1S/C38H43N9O4S/c1-3-27(26-8-6-15-45(26)2)51-30-19-29(47-21-22-10-16-46(37(49)33(22)44-47)23-11-17-50-18-12-23)42-36(43-30)32(40)24-7-4-13-38(34(24)48)14-5-9-28-31(38)25(20-39)35(41)52-28/h3,10,16,19,21,23,26-27H,1,4-9,11-15,17-18,40-41H2,2H3/b32-24-/t26-,27-,38-/m0/s1. The van der Waals surface area contributed by atoms with E-state index in [0.717, 1.165) is 55.5 Å². The molecule has 4 aliphatic rings.